The number of imidazole rings is 1. The van der Waals surface area contributed by atoms with Crippen LogP contribution in [-0.4, -0.2) is 48.3 Å². The lowest BCUT2D eigenvalue weighted by Crippen LogP contribution is -2.50. The number of nitrogens with zero attached hydrogens (tertiary/aromatic N) is 3. The molecule has 7 nitrogen and oxygen atoms in total. The first-order valence-corrected chi connectivity index (χ1v) is 10.3. The molecule has 0 radical (unpaired) electrons. The first-order valence-electron chi connectivity index (χ1n) is 10.3. The van der Waals surface area contributed by atoms with Gasteiger partial charge in [0.25, 0.3) is 0 Å². The minimum Gasteiger partial charge on any atom is -0.465 e. The first-order chi connectivity index (χ1) is 15.1. The summed E-state index contributed by atoms with van der Waals surface area (Å²) in [6, 6.07) is 12.7. The van der Waals surface area contributed by atoms with E-state index in [0.717, 1.165) is 0 Å². The number of carbonyl (C=O) groups excluding carboxylic acids is 2. The summed E-state index contributed by atoms with van der Waals surface area (Å²) in [5, 5.41) is 0. The predicted molar refractivity (Wildman–Crippen MR) is 113 cm³/mol. The van der Waals surface area contributed by atoms with Crippen molar-refractivity contribution >= 4 is 28.9 Å². The smallest absolute Gasteiger partial charge is 0.321 e. The number of hydrogen-bond acceptors (Lipinski definition) is 5. The molecule has 2 aromatic carbocycles. The molecule has 0 bridgehead atoms. The van der Waals surface area contributed by atoms with Gasteiger partial charge in [-0.1, -0.05) is 30.3 Å². The maximum Gasteiger partial charge on any atom is 0.321 e. The van der Waals surface area contributed by atoms with Gasteiger partial charge in [-0.2, -0.15) is 0 Å². The summed E-state index contributed by atoms with van der Waals surface area (Å²) < 4.78 is 27.1. The van der Waals surface area contributed by atoms with Gasteiger partial charge in [-0.15, -0.1) is 0 Å². The Balaban J connectivity index is 1.96. The minimum atomic E-state index is -1.23. The molecule has 0 fully saturated rings. The Morgan fingerprint density at radius 1 is 1.16 bits per heavy atom. The topological polar surface area (TPSA) is 73.7 Å². The molecule has 31 heavy (non-hydrogen) atoms. The molecular formula is C23H24FN3O4. The molecule has 1 aliphatic heterocycles. The average molecular weight is 425 g/mol. The molecule has 4 rings (SSSR count). The highest BCUT2D eigenvalue weighted by molar-refractivity contribution is 6.08. The Hall–Kier alpha value is -3.26. The third-order valence-corrected chi connectivity index (χ3v) is 5.44. The van der Waals surface area contributed by atoms with Gasteiger partial charge in [0.2, 0.25) is 11.9 Å². The van der Waals surface area contributed by atoms with Gasteiger partial charge in [-0.25, -0.2) is 9.37 Å². The molecule has 0 saturated heterocycles. The fraction of sp³-hybridized carbons (Fsp3) is 0.348. The zero-order valence-electron chi connectivity index (χ0n) is 17.5. The molecule has 0 N–H and O–H groups in total. The van der Waals surface area contributed by atoms with Crippen molar-refractivity contribution in [2.75, 3.05) is 31.8 Å². The van der Waals surface area contributed by atoms with Crippen LogP contribution in [0.1, 0.15) is 24.9 Å². The van der Waals surface area contributed by atoms with Gasteiger partial charge >= 0.3 is 5.97 Å². The Bertz CT molecular complexity index is 1110. The number of fused-ring (bicyclic) bond motifs is 3. The Kier molecular flexibility index (Phi) is 5.99. The predicted octanol–water partition coefficient (Wildman–Crippen LogP) is 3.33. The van der Waals surface area contributed by atoms with Gasteiger partial charge in [-0.3, -0.25) is 14.5 Å². The summed E-state index contributed by atoms with van der Waals surface area (Å²) in [6.45, 7) is 2.56. The van der Waals surface area contributed by atoms with Crippen LogP contribution < -0.4 is 4.90 Å². The SMILES string of the molecule is CCOC(=O)[C@@H]1C(=O)N(CCCOC)c2nc3ccccc3n2[C@@H]1c1ccccc1F. The van der Waals surface area contributed by atoms with E-state index in [2.05, 4.69) is 4.98 Å². The van der Waals surface area contributed by atoms with Crippen molar-refractivity contribution in [3.8, 4) is 0 Å². The summed E-state index contributed by atoms with van der Waals surface area (Å²) in [7, 11) is 1.59. The summed E-state index contributed by atoms with van der Waals surface area (Å²) in [4.78, 5) is 32.7. The number of para-hydroxylation sites is 2. The monoisotopic (exact) mass is 425 g/mol. The molecule has 3 aromatic rings. The molecule has 1 amide bonds. The van der Waals surface area contributed by atoms with E-state index in [1.165, 1.54) is 11.0 Å². The largest absolute Gasteiger partial charge is 0.465 e. The van der Waals surface area contributed by atoms with Crippen molar-refractivity contribution in [1.82, 2.24) is 9.55 Å². The molecule has 0 aliphatic carbocycles. The second-order valence-electron chi connectivity index (χ2n) is 7.30. The highest BCUT2D eigenvalue weighted by Crippen LogP contribution is 2.41. The van der Waals surface area contributed by atoms with Gasteiger partial charge in [-0.05, 0) is 31.5 Å². The molecule has 8 heteroatoms. The quantitative estimate of drug-likeness (QED) is 0.330. The van der Waals surface area contributed by atoms with E-state index >= 15 is 0 Å². The summed E-state index contributed by atoms with van der Waals surface area (Å²) in [5.74, 6) is -2.47. The molecule has 2 atom stereocenters. The van der Waals surface area contributed by atoms with E-state index < -0.39 is 29.7 Å². The first kappa shape index (κ1) is 21.0. The number of esters is 1. The standard InChI is InChI=1S/C23H24FN3O4/c1-3-31-22(29)19-20(15-9-4-5-10-16(15)24)27-18-12-7-6-11-17(18)25-23(27)26(21(19)28)13-8-14-30-2/h4-7,9-12,19-20H,3,8,13-14H2,1-2H3/t19-,20+/m0/s1. The number of rotatable bonds is 7. The van der Waals surface area contributed by atoms with E-state index in [1.807, 2.05) is 24.3 Å². The Morgan fingerprint density at radius 3 is 2.65 bits per heavy atom. The molecule has 0 spiro atoms. The van der Waals surface area contributed by atoms with Crippen LogP contribution in [0.3, 0.4) is 0 Å². The molecule has 0 saturated carbocycles. The number of amides is 1. The summed E-state index contributed by atoms with van der Waals surface area (Å²) >= 11 is 0. The summed E-state index contributed by atoms with van der Waals surface area (Å²) in [6.07, 6.45) is 0.561. The van der Waals surface area contributed by atoms with Crippen LogP contribution in [0.2, 0.25) is 0 Å². The molecule has 0 unspecified atom stereocenters. The van der Waals surface area contributed by atoms with Crippen molar-refractivity contribution in [1.29, 1.82) is 0 Å². The Labute approximate surface area is 179 Å². The highest BCUT2D eigenvalue weighted by atomic mass is 19.1. The minimum absolute atomic E-state index is 0.119. The van der Waals surface area contributed by atoms with Crippen LogP contribution in [0.15, 0.2) is 48.5 Å². The van der Waals surface area contributed by atoms with Crippen LogP contribution in [0.4, 0.5) is 10.3 Å². The summed E-state index contributed by atoms with van der Waals surface area (Å²) in [5.41, 5.74) is 1.62. The molecule has 162 valence electrons. The molecule has 1 aliphatic rings. The second-order valence-corrected chi connectivity index (χ2v) is 7.30. The van der Waals surface area contributed by atoms with Gasteiger partial charge in [0.15, 0.2) is 5.92 Å². The number of anilines is 1. The van der Waals surface area contributed by atoms with Crippen molar-refractivity contribution < 1.29 is 23.5 Å². The third-order valence-electron chi connectivity index (χ3n) is 5.44. The number of halogens is 1. The maximum absolute atomic E-state index is 14.9. The number of aromatic nitrogens is 2. The van der Waals surface area contributed by atoms with Crippen LogP contribution >= 0.6 is 0 Å². The van der Waals surface area contributed by atoms with Gasteiger partial charge < -0.3 is 14.0 Å². The lowest BCUT2D eigenvalue weighted by molar-refractivity contribution is -0.153. The number of carbonyl (C=O) groups is 2. The fourth-order valence-corrected chi connectivity index (χ4v) is 4.12. The van der Waals surface area contributed by atoms with E-state index in [4.69, 9.17) is 9.47 Å². The number of benzene rings is 2. The average Bonchev–Trinajstić information content (AvgIpc) is 3.14. The molecule has 2 heterocycles. The fourth-order valence-electron chi connectivity index (χ4n) is 4.12. The van der Waals surface area contributed by atoms with Crippen LogP contribution in [0.5, 0.6) is 0 Å². The highest BCUT2D eigenvalue weighted by Gasteiger charge is 2.48. The van der Waals surface area contributed by atoms with E-state index in [0.29, 0.717) is 36.6 Å². The van der Waals surface area contributed by atoms with Gasteiger partial charge in [0, 0.05) is 25.8 Å². The van der Waals surface area contributed by atoms with Crippen LogP contribution in [-0.2, 0) is 19.1 Å². The van der Waals surface area contributed by atoms with Gasteiger partial charge in [0.1, 0.15) is 5.82 Å². The second kappa shape index (κ2) is 8.85. The van der Waals surface area contributed by atoms with Crippen LogP contribution in [0.25, 0.3) is 11.0 Å². The van der Waals surface area contributed by atoms with Crippen molar-refractivity contribution in [2.45, 2.75) is 19.4 Å². The van der Waals surface area contributed by atoms with Crippen LogP contribution in [0, 0.1) is 11.7 Å². The lowest BCUT2D eigenvalue weighted by atomic mass is 9.89. The van der Waals surface area contributed by atoms with Gasteiger partial charge in [0.05, 0.1) is 23.7 Å². The third kappa shape index (κ3) is 3.67. The van der Waals surface area contributed by atoms with Crippen molar-refractivity contribution in [3.05, 3.63) is 59.9 Å². The van der Waals surface area contributed by atoms with Crippen molar-refractivity contribution in [2.24, 2.45) is 5.92 Å². The van der Waals surface area contributed by atoms with E-state index in [1.54, 1.807) is 36.8 Å². The molecule has 1 aromatic heterocycles. The van der Waals surface area contributed by atoms with E-state index in [9.17, 15) is 14.0 Å². The lowest BCUT2D eigenvalue weighted by Gasteiger charge is -2.38. The number of ether oxygens (including phenoxy) is 2. The van der Waals surface area contributed by atoms with E-state index in [-0.39, 0.29) is 12.2 Å². The zero-order chi connectivity index (χ0) is 22.0. The zero-order valence-corrected chi connectivity index (χ0v) is 17.5. The molecular weight excluding hydrogens is 401 g/mol. The number of hydrogen-bond donors (Lipinski definition) is 0. The Morgan fingerprint density at radius 2 is 1.90 bits per heavy atom. The van der Waals surface area contributed by atoms with Crippen molar-refractivity contribution in [3.63, 3.8) is 0 Å². The normalized spacial score (nSPS) is 18.3. The maximum atomic E-state index is 14.9. The number of methoxy groups -OCH3 is 1.